The fourth-order valence-corrected chi connectivity index (χ4v) is 1.75. The van der Waals surface area contributed by atoms with Crippen molar-refractivity contribution in [1.29, 1.82) is 0 Å². The molecule has 15 heavy (non-hydrogen) atoms. The van der Waals surface area contributed by atoms with E-state index in [4.69, 9.17) is 0 Å². The van der Waals surface area contributed by atoms with E-state index in [1.54, 1.807) is 6.20 Å². The summed E-state index contributed by atoms with van der Waals surface area (Å²) in [6.45, 7) is 4.38. The van der Waals surface area contributed by atoms with Crippen molar-refractivity contribution in [3.8, 4) is 0 Å². The molecular weight excluding hydrogens is 186 g/mol. The van der Waals surface area contributed by atoms with E-state index in [0.717, 1.165) is 17.2 Å². The van der Waals surface area contributed by atoms with Crippen LogP contribution in [-0.2, 0) is 0 Å². The standard InChI is InChI=1S/C13H15NO/c1-3-9(2)10-4-5-12-11(8-10)6-7-14-13(12)15/h4-9H,3H2,1-2H3,(H,14,15). The van der Waals surface area contributed by atoms with Crippen molar-refractivity contribution in [2.45, 2.75) is 26.2 Å². The molecule has 0 aliphatic heterocycles. The molecule has 2 aromatic rings. The topological polar surface area (TPSA) is 32.9 Å². The SMILES string of the molecule is CCC(C)c1ccc2c(=O)[nH]ccc2c1. The number of nitrogens with one attached hydrogen (secondary N) is 1. The van der Waals surface area contributed by atoms with Gasteiger partial charge < -0.3 is 4.98 Å². The van der Waals surface area contributed by atoms with Crippen molar-refractivity contribution in [1.82, 2.24) is 4.98 Å². The first kappa shape index (κ1) is 9.97. The molecule has 78 valence electrons. The number of hydrogen-bond acceptors (Lipinski definition) is 1. The Morgan fingerprint density at radius 1 is 1.33 bits per heavy atom. The van der Waals surface area contributed by atoms with Gasteiger partial charge in [-0.1, -0.05) is 26.0 Å². The van der Waals surface area contributed by atoms with Gasteiger partial charge in [0.1, 0.15) is 0 Å². The maximum absolute atomic E-state index is 11.5. The lowest BCUT2D eigenvalue weighted by molar-refractivity contribution is 0.734. The average molecular weight is 201 g/mol. The maximum Gasteiger partial charge on any atom is 0.255 e. The number of fused-ring (bicyclic) bond motifs is 1. The minimum Gasteiger partial charge on any atom is -0.329 e. The first-order valence-corrected chi connectivity index (χ1v) is 5.33. The highest BCUT2D eigenvalue weighted by Crippen LogP contribution is 2.21. The summed E-state index contributed by atoms with van der Waals surface area (Å²) in [5.41, 5.74) is 1.29. The largest absolute Gasteiger partial charge is 0.329 e. The molecule has 0 fully saturated rings. The van der Waals surface area contributed by atoms with Crippen molar-refractivity contribution < 1.29 is 0 Å². The normalized spacial score (nSPS) is 12.9. The summed E-state index contributed by atoms with van der Waals surface area (Å²) < 4.78 is 0. The Morgan fingerprint density at radius 3 is 2.87 bits per heavy atom. The highest BCUT2D eigenvalue weighted by molar-refractivity contribution is 5.82. The lowest BCUT2D eigenvalue weighted by Gasteiger charge is -2.09. The predicted molar refractivity (Wildman–Crippen MR) is 63.3 cm³/mol. The van der Waals surface area contributed by atoms with Crippen LogP contribution in [0, 0.1) is 0 Å². The molecule has 0 saturated heterocycles. The van der Waals surface area contributed by atoms with Crippen molar-refractivity contribution in [3.63, 3.8) is 0 Å². The van der Waals surface area contributed by atoms with Gasteiger partial charge in [0.05, 0.1) is 0 Å². The summed E-state index contributed by atoms with van der Waals surface area (Å²) in [7, 11) is 0. The Kier molecular flexibility index (Phi) is 2.58. The van der Waals surface area contributed by atoms with Crippen LogP contribution in [0.25, 0.3) is 10.8 Å². The molecule has 0 aliphatic carbocycles. The fraction of sp³-hybridized carbons (Fsp3) is 0.308. The third-order valence-corrected chi connectivity index (χ3v) is 2.98. The number of pyridine rings is 1. The van der Waals surface area contributed by atoms with E-state index in [1.165, 1.54) is 5.56 Å². The summed E-state index contributed by atoms with van der Waals surface area (Å²) >= 11 is 0. The Morgan fingerprint density at radius 2 is 2.13 bits per heavy atom. The number of hydrogen-bond donors (Lipinski definition) is 1. The minimum atomic E-state index is -0.0109. The van der Waals surface area contributed by atoms with Gasteiger partial charge in [0.15, 0.2) is 0 Å². The van der Waals surface area contributed by atoms with Gasteiger partial charge in [-0.2, -0.15) is 0 Å². The van der Waals surface area contributed by atoms with Crippen LogP contribution >= 0.6 is 0 Å². The van der Waals surface area contributed by atoms with Gasteiger partial charge in [-0.25, -0.2) is 0 Å². The van der Waals surface area contributed by atoms with Crippen molar-refractivity contribution in [2.75, 3.05) is 0 Å². The molecule has 1 aromatic heterocycles. The summed E-state index contributed by atoms with van der Waals surface area (Å²) in [5.74, 6) is 0.550. The summed E-state index contributed by atoms with van der Waals surface area (Å²) in [6, 6.07) is 8.02. The highest BCUT2D eigenvalue weighted by Gasteiger charge is 2.04. The van der Waals surface area contributed by atoms with E-state index < -0.39 is 0 Å². The highest BCUT2D eigenvalue weighted by atomic mass is 16.1. The van der Waals surface area contributed by atoms with Crippen LogP contribution in [0.2, 0.25) is 0 Å². The van der Waals surface area contributed by atoms with Crippen molar-refractivity contribution in [2.24, 2.45) is 0 Å². The van der Waals surface area contributed by atoms with Crippen molar-refractivity contribution >= 4 is 10.8 Å². The van der Waals surface area contributed by atoms with Crippen molar-refractivity contribution in [3.05, 3.63) is 46.4 Å². The van der Waals surface area contributed by atoms with Crippen LogP contribution in [-0.4, -0.2) is 4.98 Å². The molecule has 1 N–H and O–H groups in total. The zero-order chi connectivity index (χ0) is 10.8. The Labute approximate surface area is 89.0 Å². The van der Waals surface area contributed by atoms with Gasteiger partial charge in [0, 0.05) is 11.6 Å². The zero-order valence-electron chi connectivity index (χ0n) is 9.08. The van der Waals surface area contributed by atoms with Crippen LogP contribution in [0.1, 0.15) is 31.7 Å². The molecule has 1 aromatic carbocycles. The molecule has 2 heteroatoms. The first-order valence-electron chi connectivity index (χ1n) is 5.33. The van der Waals surface area contributed by atoms with Crippen LogP contribution < -0.4 is 5.56 Å². The third-order valence-electron chi connectivity index (χ3n) is 2.98. The van der Waals surface area contributed by atoms with Gasteiger partial charge in [-0.15, -0.1) is 0 Å². The molecule has 0 amide bonds. The molecular formula is C13H15NO. The fourth-order valence-electron chi connectivity index (χ4n) is 1.75. The Hall–Kier alpha value is -1.57. The number of rotatable bonds is 2. The monoisotopic (exact) mass is 201 g/mol. The number of H-pyrrole nitrogens is 1. The van der Waals surface area contributed by atoms with Gasteiger partial charge >= 0.3 is 0 Å². The number of benzene rings is 1. The molecule has 2 nitrogen and oxygen atoms in total. The molecule has 0 bridgehead atoms. The smallest absolute Gasteiger partial charge is 0.255 e. The lowest BCUT2D eigenvalue weighted by atomic mass is 9.96. The minimum absolute atomic E-state index is 0.0109. The van der Waals surface area contributed by atoms with E-state index in [0.29, 0.717) is 5.92 Å². The Balaban J connectivity index is 2.62. The molecule has 1 atom stereocenters. The first-order chi connectivity index (χ1) is 7.22. The summed E-state index contributed by atoms with van der Waals surface area (Å²) in [4.78, 5) is 14.2. The van der Waals surface area contributed by atoms with Crippen LogP contribution in [0.5, 0.6) is 0 Å². The second-order valence-corrected chi connectivity index (χ2v) is 3.96. The molecule has 2 rings (SSSR count). The van der Waals surface area contributed by atoms with E-state index in [9.17, 15) is 4.79 Å². The van der Waals surface area contributed by atoms with Crippen LogP contribution in [0.15, 0.2) is 35.3 Å². The maximum atomic E-state index is 11.5. The number of aromatic nitrogens is 1. The molecule has 0 aliphatic rings. The molecule has 0 saturated carbocycles. The van der Waals surface area contributed by atoms with E-state index in [2.05, 4.69) is 24.9 Å². The van der Waals surface area contributed by atoms with Gasteiger partial charge in [-0.3, -0.25) is 4.79 Å². The van der Waals surface area contributed by atoms with Gasteiger partial charge in [-0.05, 0) is 35.4 Å². The zero-order valence-corrected chi connectivity index (χ0v) is 9.08. The summed E-state index contributed by atoms with van der Waals surface area (Å²) in [5, 5.41) is 1.79. The second-order valence-electron chi connectivity index (χ2n) is 3.96. The van der Waals surface area contributed by atoms with Crippen LogP contribution in [0.4, 0.5) is 0 Å². The van der Waals surface area contributed by atoms with Crippen LogP contribution in [0.3, 0.4) is 0 Å². The molecule has 1 unspecified atom stereocenters. The van der Waals surface area contributed by atoms with E-state index in [-0.39, 0.29) is 5.56 Å². The molecule has 1 heterocycles. The quantitative estimate of drug-likeness (QED) is 0.795. The molecule has 0 radical (unpaired) electrons. The van der Waals surface area contributed by atoms with Gasteiger partial charge in [0.2, 0.25) is 0 Å². The third kappa shape index (κ3) is 1.80. The predicted octanol–water partition coefficient (Wildman–Crippen LogP) is 3.04. The molecule has 0 spiro atoms. The average Bonchev–Trinajstić information content (AvgIpc) is 2.28. The van der Waals surface area contributed by atoms with E-state index >= 15 is 0 Å². The number of aromatic amines is 1. The van der Waals surface area contributed by atoms with Gasteiger partial charge in [0.25, 0.3) is 5.56 Å². The lowest BCUT2D eigenvalue weighted by Crippen LogP contribution is -2.04. The summed E-state index contributed by atoms with van der Waals surface area (Å²) in [6.07, 6.45) is 2.82. The van der Waals surface area contributed by atoms with E-state index in [1.807, 2.05) is 18.2 Å². The Bertz CT molecular complexity index is 527. The second kappa shape index (κ2) is 3.89.